The fourth-order valence-electron chi connectivity index (χ4n) is 1.60. The smallest absolute Gasteiger partial charge is 0.259 e. The third kappa shape index (κ3) is 4.78. The molecule has 0 bridgehead atoms. The van der Waals surface area contributed by atoms with E-state index in [4.69, 9.17) is 5.11 Å². The molecular formula is C15H14BrN3O3. The fraction of sp³-hybridized carbons (Fsp3) is 0.0667. The zero-order valence-electron chi connectivity index (χ0n) is 11.5. The van der Waals surface area contributed by atoms with Crippen molar-refractivity contribution < 1.29 is 15.0 Å². The van der Waals surface area contributed by atoms with Crippen LogP contribution in [-0.2, 0) is 4.79 Å². The Morgan fingerprint density at radius 1 is 1.18 bits per heavy atom. The van der Waals surface area contributed by atoms with E-state index in [2.05, 4.69) is 31.8 Å². The quantitative estimate of drug-likeness (QED) is 0.484. The number of hydrogen-bond acceptors (Lipinski definition) is 5. The van der Waals surface area contributed by atoms with Crippen molar-refractivity contribution >= 4 is 33.7 Å². The van der Waals surface area contributed by atoms with Crippen molar-refractivity contribution in [1.29, 1.82) is 0 Å². The second-order valence-electron chi connectivity index (χ2n) is 4.40. The molecule has 2 aromatic rings. The summed E-state index contributed by atoms with van der Waals surface area (Å²) >= 11 is 3.33. The summed E-state index contributed by atoms with van der Waals surface area (Å²) in [6, 6.07) is 11.5. The average molecular weight is 364 g/mol. The molecule has 4 N–H and O–H groups in total. The Labute approximate surface area is 135 Å². The van der Waals surface area contributed by atoms with Crippen molar-refractivity contribution in [3.8, 4) is 11.5 Å². The first-order valence-corrected chi connectivity index (χ1v) is 7.17. The molecule has 0 atom stereocenters. The highest BCUT2D eigenvalue weighted by molar-refractivity contribution is 9.10. The van der Waals surface area contributed by atoms with Gasteiger partial charge in [0.1, 0.15) is 11.5 Å². The largest absolute Gasteiger partial charge is 0.508 e. The number of aromatic hydroxyl groups is 2. The summed E-state index contributed by atoms with van der Waals surface area (Å²) in [6.45, 7) is 0.0700. The van der Waals surface area contributed by atoms with Crippen LogP contribution in [0.1, 0.15) is 5.56 Å². The van der Waals surface area contributed by atoms with Crippen LogP contribution < -0.4 is 10.7 Å². The van der Waals surface area contributed by atoms with Crippen LogP contribution in [0.3, 0.4) is 0 Å². The van der Waals surface area contributed by atoms with Gasteiger partial charge < -0.3 is 15.5 Å². The van der Waals surface area contributed by atoms with Crippen molar-refractivity contribution in [2.75, 3.05) is 11.9 Å². The number of amides is 1. The third-order valence-electron chi connectivity index (χ3n) is 2.70. The molecule has 2 aromatic carbocycles. The van der Waals surface area contributed by atoms with Crippen molar-refractivity contribution in [3.05, 3.63) is 52.5 Å². The van der Waals surface area contributed by atoms with E-state index in [9.17, 15) is 9.90 Å². The predicted molar refractivity (Wildman–Crippen MR) is 88.1 cm³/mol. The number of hydrogen-bond donors (Lipinski definition) is 4. The highest BCUT2D eigenvalue weighted by atomic mass is 79.9. The lowest BCUT2D eigenvalue weighted by atomic mass is 10.2. The van der Waals surface area contributed by atoms with Crippen LogP contribution >= 0.6 is 15.9 Å². The van der Waals surface area contributed by atoms with Gasteiger partial charge >= 0.3 is 0 Å². The molecule has 0 spiro atoms. The Hall–Kier alpha value is -2.54. The highest BCUT2D eigenvalue weighted by Crippen LogP contribution is 2.20. The molecule has 0 radical (unpaired) electrons. The van der Waals surface area contributed by atoms with E-state index >= 15 is 0 Å². The zero-order chi connectivity index (χ0) is 15.9. The number of hydrazone groups is 1. The molecule has 22 heavy (non-hydrogen) atoms. The first-order valence-electron chi connectivity index (χ1n) is 6.38. The first-order chi connectivity index (χ1) is 10.5. The molecule has 0 heterocycles. The van der Waals surface area contributed by atoms with Gasteiger partial charge in [0, 0.05) is 21.8 Å². The van der Waals surface area contributed by atoms with Gasteiger partial charge in [-0.2, -0.15) is 5.10 Å². The number of benzene rings is 2. The molecule has 0 unspecified atom stereocenters. The molecule has 1 amide bonds. The van der Waals surface area contributed by atoms with Crippen molar-refractivity contribution in [2.45, 2.75) is 0 Å². The lowest BCUT2D eigenvalue weighted by molar-refractivity contribution is -0.119. The van der Waals surface area contributed by atoms with E-state index in [1.165, 1.54) is 24.4 Å². The number of carbonyl (C=O) groups excluding carboxylic acids is 1. The minimum absolute atomic E-state index is 0.0441. The number of carbonyl (C=O) groups is 1. The van der Waals surface area contributed by atoms with Crippen LogP contribution in [0.2, 0.25) is 0 Å². The van der Waals surface area contributed by atoms with Crippen LogP contribution in [0.25, 0.3) is 0 Å². The van der Waals surface area contributed by atoms with Gasteiger partial charge in [-0.15, -0.1) is 0 Å². The maximum Gasteiger partial charge on any atom is 0.259 e. The minimum atomic E-state index is -0.322. The van der Waals surface area contributed by atoms with Crippen LogP contribution in [0, 0.1) is 0 Å². The van der Waals surface area contributed by atoms with E-state index in [0.717, 1.165) is 10.2 Å². The van der Waals surface area contributed by atoms with Crippen molar-refractivity contribution in [3.63, 3.8) is 0 Å². The minimum Gasteiger partial charge on any atom is -0.508 e. The van der Waals surface area contributed by atoms with Gasteiger partial charge in [0.2, 0.25) is 0 Å². The molecular weight excluding hydrogens is 350 g/mol. The summed E-state index contributed by atoms with van der Waals surface area (Å²) in [5.74, 6) is -0.485. The summed E-state index contributed by atoms with van der Waals surface area (Å²) in [5, 5.41) is 25.4. The molecule has 0 aliphatic heterocycles. The number of anilines is 1. The molecule has 114 valence electrons. The predicted octanol–water partition coefficient (Wildman–Crippen LogP) is 2.42. The van der Waals surface area contributed by atoms with Gasteiger partial charge in [-0.05, 0) is 36.4 Å². The second-order valence-corrected chi connectivity index (χ2v) is 5.31. The SMILES string of the molecule is O=C(CNc1ccc(Br)cc1)N/N=C\c1ccc(O)cc1O. The zero-order valence-corrected chi connectivity index (χ0v) is 13.0. The molecule has 6 nitrogen and oxygen atoms in total. The molecule has 0 aliphatic rings. The molecule has 0 aromatic heterocycles. The van der Waals surface area contributed by atoms with E-state index in [1.54, 1.807) is 0 Å². The lowest BCUT2D eigenvalue weighted by Gasteiger charge is -2.05. The maximum absolute atomic E-state index is 11.6. The standard InChI is InChI=1S/C15H14BrN3O3/c16-11-2-4-12(5-3-11)17-9-15(22)19-18-8-10-1-6-13(20)7-14(10)21/h1-8,17,20-21H,9H2,(H,19,22)/b18-8-. The summed E-state index contributed by atoms with van der Waals surface area (Å²) in [6.07, 6.45) is 1.30. The van der Waals surface area contributed by atoms with Crippen molar-refractivity contribution in [2.24, 2.45) is 5.10 Å². The van der Waals surface area contributed by atoms with E-state index in [0.29, 0.717) is 5.56 Å². The normalized spacial score (nSPS) is 10.6. The van der Waals surface area contributed by atoms with Gasteiger partial charge in [-0.3, -0.25) is 4.79 Å². The number of rotatable bonds is 5. The summed E-state index contributed by atoms with van der Waals surface area (Å²) in [7, 11) is 0. The fourth-order valence-corrected chi connectivity index (χ4v) is 1.87. The Bertz CT molecular complexity index is 687. The van der Waals surface area contributed by atoms with Gasteiger partial charge in [0.15, 0.2) is 0 Å². The number of nitrogens with zero attached hydrogens (tertiary/aromatic N) is 1. The number of halogens is 1. The molecule has 0 saturated heterocycles. The first kappa shape index (κ1) is 15.8. The van der Waals surface area contributed by atoms with Gasteiger partial charge in [-0.1, -0.05) is 15.9 Å². The van der Waals surface area contributed by atoms with Crippen LogP contribution in [-0.4, -0.2) is 28.9 Å². The average Bonchev–Trinajstić information content (AvgIpc) is 2.49. The number of nitrogens with one attached hydrogen (secondary N) is 2. The van der Waals surface area contributed by atoms with Gasteiger partial charge in [-0.25, -0.2) is 5.43 Å². The second kappa shape index (κ2) is 7.46. The maximum atomic E-state index is 11.6. The Balaban J connectivity index is 1.82. The highest BCUT2D eigenvalue weighted by Gasteiger charge is 2.01. The summed E-state index contributed by atoms with van der Waals surface area (Å²) in [5.41, 5.74) is 3.55. The topological polar surface area (TPSA) is 94.0 Å². The molecule has 2 rings (SSSR count). The molecule has 7 heteroatoms. The van der Waals surface area contributed by atoms with E-state index in [-0.39, 0.29) is 24.0 Å². The third-order valence-corrected chi connectivity index (χ3v) is 3.23. The Morgan fingerprint density at radius 2 is 1.91 bits per heavy atom. The Morgan fingerprint density at radius 3 is 2.59 bits per heavy atom. The summed E-state index contributed by atoms with van der Waals surface area (Å²) in [4.78, 5) is 11.6. The summed E-state index contributed by atoms with van der Waals surface area (Å²) < 4.78 is 0.959. The number of phenols is 2. The van der Waals surface area contributed by atoms with Crippen LogP contribution in [0.5, 0.6) is 11.5 Å². The van der Waals surface area contributed by atoms with E-state index in [1.807, 2.05) is 24.3 Å². The van der Waals surface area contributed by atoms with Gasteiger partial charge in [0.05, 0.1) is 12.8 Å². The van der Waals surface area contributed by atoms with Crippen molar-refractivity contribution in [1.82, 2.24) is 5.43 Å². The van der Waals surface area contributed by atoms with E-state index < -0.39 is 0 Å². The monoisotopic (exact) mass is 363 g/mol. The van der Waals surface area contributed by atoms with Crippen LogP contribution in [0.15, 0.2) is 52.0 Å². The number of phenolic OH excluding ortho intramolecular Hbond substituents is 2. The van der Waals surface area contributed by atoms with Gasteiger partial charge in [0.25, 0.3) is 5.91 Å². The Kier molecular flexibility index (Phi) is 5.37. The lowest BCUT2D eigenvalue weighted by Crippen LogP contribution is -2.25. The van der Waals surface area contributed by atoms with Crippen LogP contribution in [0.4, 0.5) is 5.69 Å². The molecule has 0 saturated carbocycles. The molecule has 0 aliphatic carbocycles. The molecule has 0 fully saturated rings.